The SMILES string of the molecule is CCCCCCCCCC[N+]1(CC(=O)O)CCN(c2ccncc2)CC1.Cl.[Cl-]. The van der Waals surface area contributed by atoms with E-state index in [-0.39, 0.29) is 31.4 Å². The average Bonchev–Trinajstić information content (AvgIpc) is 2.65. The van der Waals surface area contributed by atoms with Crippen molar-refractivity contribution in [3.63, 3.8) is 0 Å². The van der Waals surface area contributed by atoms with Gasteiger partial charge in [0.15, 0.2) is 6.54 Å². The second kappa shape index (κ2) is 14.9. The number of aromatic nitrogens is 1. The summed E-state index contributed by atoms with van der Waals surface area (Å²) in [7, 11) is 0. The van der Waals surface area contributed by atoms with Gasteiger partial charge in [0.05, 0.1) is 32.7 Å². The van der Waals surface area contributed by atoms with E-state index in [1.165, 1.54) is 50.6 Å². The minimum atomic E-state index is -0.665. The van der Waals surface area contributed by atoms with Crippen LogP contribution in [0.3, 0.4) is 0 Å². The zero-order valence-corrected chi connectivity index (χ0v) is 18.8. The van der Waals surface area contributed by atoms with Gasteiger partial charge in [0.1, 0.15) is 0 Å². The maximum Gasteiger partial charge on any atom is 0.359 e. The molecule has 0 atom stereocenters. The quantitative estimate of drug-likeness (QED) is 0.399. The monoisotopic (exact) mass is 433 g/mol. The third-order valence-electron chi connectivity index (χ3n) is 5.67. The van der Waals surface area contributed by atoms with Crippen LogP contribution in [0.15, 0.2) is 24.5 Å². The molecule has 162 valence electrons. The highest BCUT2D eigenvalue weighted by molar-refractivity contribution is 5.85. The number of aliphatic carboxylic acids is 1. The van der Waals surface area contributed by atoms with Gasteiger partial charge in [-0.2, -0.15) is 0 Å². The minimum Gasteiger partial charge on any atom is -1.00 e. The highest BCUT2D eigenvalue weighted by atomic mass is 35.5. The van der Waals surface area contributed by atoms with E-state index in [0.29, 0.717) is 0 Å². The van der Waals surface area contributed by atoms with Crippen molar-refractivity contribution in [2.45, 2.75) is 58.3 Å². The maximum atomic E-state index is 11.4. The Morgan fingerprint density at radius 2 is 1.57 bits per heavy atom. The predicted octanol–water partition coefficient (Wildman–Crippen LogP) is 1.37. The van der Waals surface area contributed by atoms with Gasteiger partial charge < -0.3 is 26.9 Å². The Morgan fingerprint density at radius 1 is 1.04 bits per heavy atom. The molecular weight excluding hydrogens is 397 g/mol. The Morgan fingerprint density at radius 3 is 2.11 bits per heavy atom. The molecule has 0 spiro atoms. The Kier molecular flexibility index (Phi) is 14.3. The van der Waals surface area contributed by atoms with Gasteiger partial charge in [0.25, 0.3) is 0 Å². The number of unbranched alkanes of at least 4 members (excludes halogenated alkanes) is 7. The molecular formula is C21H37Cl2N3O2. The van der Waals surface area contributed by atoms with E-state index in [1.54, 1.807) is 0 Å². The van der Waals surface area contributed by atoms with Crippen molar-refractivity contribution in [1.82, 2.24) is 4.98 Å². The predicted molar refractivity (Wildman–Crippen MR) is 114 cm³/mol. The molecule has 0 bridgehead atoms. The van der Waals surface area contributed by atoms with Gasteiger partial charge in [0.2, 0.25) is 0 Å². The zero-order valence-electron chi connectivity index (χ0n) is 17.2. The molecule has 0 saturated carbocycles. The average molecular weight is 434 g/mol. The number of carboxylic acids is 1. The first-order valence-electron chi connectivity index (χ1n) is 10.4. The van der Waals surface area contributed by atoms with Crippen LogP contribution in [0.2, 0.25) is 0 Å². The highest BCUT2D eigenvalue weighted by Crippen LogP contribution is 2.21. The molecule has 1 N–H and O–H groups in total. The molecule has 1 aromatic heterocycles. The molecule has 1 aliphatic heterocycles. The summed E-state index contributed by atoms with van der Waals surface area (Å²) in [5.41, 5.74) is 1.19. The van der Waals surface area contributed by atoms with Gasteiger partial charge in [-0.15, -0.1) is 12.4 Å². The fourth-order valence-corrected chi connectivity index (χ4v) is 4.03. The van der Waals surface area contributed by atoms with E-state index >= 15 is 0 Å². The third kappa shape index (κ3) is 9.44. The summed E-state index contributed by atoms with van der Waals surface area (Å²) in [5.74, 6) is -0.665. The Balaban J connectivity index is 0.00000364. The molecule has 1 saturated heterocycles. The molecule has 1 fully saturated rings. The van der Waals surface area contributed by atoms with Crippen molar-refractivity contribution >= 4 is 24.1 Å². The number of nitrogens with zero attached hydrogens (tertiary/aromatic N) is 3. The Labute approximate surface area is 182 Å². The Bertz CT molecular complexity index is 524. The molecule has 0 radical (unpaired) electrons. The summed E-state index contributed by atoms with van der Waals surface area (Å²) >= 11 is 0. The molecule has 0 aliphatic carbocycles. The summed E-state index contributed by atoms with van der Waals surface area (Å²) in [6, 6.07) is 4.07. The second-order valence-electron chi connectivity index (χ2n) is 7.73. The number of hydrogen-bond donors (Lipinski definition) is 1. The van der Waals surface area contributed by atoms with E-state index in [9.17, 15) is 9.90 Å². The molecule has 2 rings (SSSR count). The van der Waals surface area contributed by atoms with Crippen LogP contribution in [0.1, 0.15) is 58.3 Å². The zero-order chi connectivity index (χ0) is 18.7. The standard InChI is InChI=1S/C21H35N3O2.2ClH/c1-2-3-4-5-6-7-8-9-16-24(19-21(25)26)17-14-23(15-18-24)20-10-12-22-13-11-20;;/h10-13H,2-9,14-19H2,1H3;2*1H. The lowest BCUT2D eigenvalue weighted by Gasteiger charge is -2.44. The normalized spacial score (nSPS) is 15.4. The first-order valence-corrected chi connectivity index (χ1v) is 10.4. The second-order valence-corrected chi connectivity index (χ2v) is 7.73. The fourth-order valence-electron chi connectivity index (χ4n) is 4.03. The number of pyridine rings is 1. The number of halogens is 2. The van der Waals surface area contributed by atoms with Gasteiger partial charge in [-0.3, -0.25) is 4.98 Å². The molecule has 1 aromatic rings. The van der Waals surface area contributed by atoms with Crippen LogP contribution in [0.25, 0.3) is 0 Å². The first-order chi connectivity index (χ1) is 12.7. The van der Waals surface area contributed by atoms with E-state index < -0.39 is 5.97 Å². The van der Waals surface area contributed by atoms with Crippen LogP contribution >= 0.6 is 12.4 Å². The van der Waals surface area contributed by atoms with Crippen LogP contribution in [-0.4, -0.2) is 59.8 Å². The van der Waals surface area contributed by atoms with Crippen molar-refractivity contribution in [1.29, 1.82) is 0 Å². The van der Waals surface area contributed by atoms with Gasteiger partial charge in [-0.1, -0.05) is 45.4 Å². The van der Waals surface area contributed by atoms with Crippen molar-refractivity contribution in [2.24, 2.45) is 0 Å². The minimum absolute atomic E-state index is 0. The van der Waals surface area contributed by atoms with E-state index in [1.807, 2.05) is 24.5 Å². The summed E-state index contributed by atoms with van der Waals surface area (Å²) in [4.78, 5) is 17.9. The lowest BCUT2D eigenvalue weighted by atomic mass is 10.1. The number of carbonyl (C=O) groups is 1. The van der Waals surface area contributed by atoms with Crippen LogP contribution in [-0.2, 0) is 4.79 Å². The summed E-state index contributed by atoms with van der Waals surface area (Å²) in [6.45, 7) is 7.21. The van der Waals surface area contributed by atoms with Gasteiger partial charge in [0, 0.05) is 18.1 Å². The van der Waals surface area contributed by atoms with Crippen molar-refractivity contribution in [3.8, 4) is 0 Å². The molecule has 0 amide bonds. The van der Waals surface area contributed by atoms with Crippen molar-refractivity contribution < 1.29 is 26.8 Å². The lowest BCUT2D eigenvalue weighted by Crippen LogP contribution is -3.00. The summed E-state index contributed by atoms with van der Waals surface area (Å²) < 4.78 is 0.743. The summed E-state index contributed by atoms with van der Waals surface area (Å²) in [6.07, 6.45) is 14.0. The van der Waals surface area contributed by atoms with Crippen LogP contribution in [0.4, 0.5) is 5.69 Å². The topological polar surface area (TPSA) is 53.4 Å². The largest absolute Gasteiger partial charge is 1.00 e. The van der Waals surface area contributed by atoms with Gasteiger partial charge in [-0.25, -0.2) is 4.79 Å². The van der Waals surface area contributed by atoms with Crippen LogP contribution in [0.5, 0.6) is 0 Å². The van der Waals surface area contributed by atoms with Crippen LogP contribution < -0.4 is 17.3 Å². The maximum absolute atomic E-state index is 11.4. The third-order valence-corrected chi connectivity index (χ3v) is 5.67. The molecule has 7 heteroatoms. The fraction of sp³-hybridized carbons (Fsp3) is 0.714. The van der Waals surface area contributed by atoms with E-state index in [2.05, 4.69) is 16.8 Å². The van der Waals surface area contributed by atoms with Gasteiger partial charge in [-0.05, 0) is 25.0 Å². The number of carboxylic acid groups (broad SMARTS) is 1. The lowest BCUT2D eigenvalue weighted by molar-refractivity contribution is -0.922. The smallest absolute Gasteiger partial charge is 0.359 e. The number of piperazine rings is 1. The number of rotatable bonds is 12. The van der Waals surface area contributed by atoms with E-state index in [0.717, 1.165) is 43.6 Å². The molecule has 0 unspecified atom stereocenters. The summed E-state index contributed by atoms with van der Waals surface area (Å²) in [5, 5.41) is 9.40. The first kappa shape index (κ1) is 27.0. The molecule has 28 heavy (non-hydrogen) atoms. The van der Waals surface area contributed by atoms with Gasteiger partial charge >= 0.3 is 5.97 Å². The number of quaternary nitrogens is 1. The highest BCUT2D eigenvalue weighted by Gasteiger charge is 2.34. The molecule has 0 aromatic carbocycles. The van der Waals surface area contributed by atoms with Crippen molar-refractivity contribution in [2.75, 3.05) is 44.2 Å². The number of hydrogen-bond acceptors (Lipinski definition) is 3. The molecule has 5 nitrogen and oxygen atoms in total. The van der Waals surface area contributed by atoms with E-state index in [4.69, 9.17) is 0 Å². The molecule has 1 aliphatic rings. The molecule has 2 heterocycles. The Hall–Kier alpha value is -1.04. The number of anilines is 1. The van der Waals surface area contributed by atoms with Crippen LogP contribution in [0, 0.1) is 0 Å². The van der Waals surface area contributed by atoms with Crippen molar-refractivity contribution in [3.05, 3.63) is 24.5 Å².